The molecule has 2 rings (SSSR count). The van der Waals surface area contributed by atoms with Gasteiger partial charge >= 0.3 is 11.9 Å². The zero-order valence-corrected chi connectivity index (χ0v) is 18.8. The topological polar surface area (TPSA) is 200 Å². The second kappa shape index (κ2) is 12.2. The third-order valence-corrected chi connectivity index (χ3v) is 5.05. The second-order valence-electron chi connectivity index (χ2n) is 7.47. The van der Waals surface area contributed by atoms with Crippen LogP contribution >= 0.6 is 0 Å². The first-order chi connectivity index (χ1) is 16.1. The van der Waals surface area contributed by atoms with Gasteiger partial charge in [-0.05, 0) is 26.7 Å². The average Bonchev–Trinajstić information content (AvgIpc) is 2.79. The highest BCUT2D eigenvalue weighted by Crippen LogP contribution is 2.32. The highest BCUT2D eigenvalue weighted by molar-refractivity contribution is 5.71. The monoisotopic (exact) mass is 480 g/mol. The number of pyridine rings is 2. The Morgan fingerprint density at radius 2 is 1.15 bits per heavy atom. The van der Waals surface area contributed by atoms with E-state index in [1.807, 2.05) is 0 Å². The van der Waals surface area contributed by atoms with E-state index in [0.29, 0.717) is 0 Å². The van der Waals surface area contributed by atoms with Crippen molar-refractivity contribution >= 4 is 11.9 Å². The van der Waals surface area contributed by atoms with E-state index in [-0.39, 0.29) is 59.3 Å². The minimum atomic E-state index is -1.81. The van der Waals surface area contributed by atoms with Crippen molar-refractivity contribution in [2.75, 3.05) is 0 Å². The Morgan fingerprint density at radius 3 is 1.47 bits per heavy atom. The number of esters is 2. The van der Waals surface area contributed by atoms with Gasteiger partial charge in [-0.25, -0.2) is 0 Å². The van der Waals surface area contributed by atoms with Gasteiger partial charge in [-0.15, -0.1) is 0 Å². The lowest BCUT2D eigenvalue weighted by atomic mass is 10.1. The molecule has 0 aliphatic rings. The molecule has 0 saturated carbocycles. The molecule has 2 aromatic heterocycles. The van der Waals surface area contributed by atoms with Gasteiger partial charge in [-0.1, -0.05) is 0 Å². The first-order valence-electron chi connectivity index (χ1n) is 10.4. The number of ether oxygens (including phenoxy) is 2. The normalized spacial score (nSPS) is 12.8. The quantitative estimate of drug-likeness (QED) is 0.150. The van der Waals surface area contributed by atoms with Crippen LogP contribution in [0.2, 0.25) is 0 Å². The summed E-state index contributed by atoms with van der Waals surface area (Å²) >= 11 is 0. The van der Waals surface area contributed by atoms with Crippen LogP contribution in [0.1, 0.15) is 71.9 Å². The third kappa shape index (κ3) is 6.60. The van der Waals surface area contributed by atoms with Crippen molar-refractivity contribution in [3.05, 3.63) is 46.0 Å². The first-order valence-corrected chi connectivity index (χ1v) is 10.4. The van der Waals surface area contributed by atoms with E-state index < -0.39 is 49.2 Å². The van der Waals surface area contributed by atoms with Crippen LogP contribution in [0, 0.1) is 13.8 Å². The Hall–Kier alpha value is -3.32. The van der Waals surface area contributed by atoms with E-state index >= 15 is 0 Å². The van der Waals surface area contributed by atoms with Gasteiger partial charge in [-0.3, -0.25) is 19.6 Å². The summed E-state index contributed by atoms with van der Waals surface area (Å²) in [6, 6.07) is 0. The zero-order valence-electron chi connectivity index (χ0n) is 18.8. The minimum absolute atomic E-state index is 0.101. The predicted octanol–water partition coefficient (Wildman–Crippen LogP) is 0.818. The maximum absolute atomic E-state index is 12.0. The van der Waals surface area contributed by atoms with Gasteiger partial charge in [0, 0.05) is 36.4 Å². The van der Waals surface area contributed by atoms with E-state index in [0.717, 1.165) is 0 Å². The Kier molecular flexibility index (Phi) is 9.69. The maximum atomic E-state index is 12.0. The number of hydrogen-bond donors (Lipinski definition) is 6. The zero-order chi connectivity index (χ0) is 25.4. The molecule has 0 radical (unpaired) electrons. The molecule has 0 aromatic carbocycles. The van der Waals surface area contributed by atoms with Crippen LogP contribution in [-0.2, 0) is 32.3 Å². The molecule has 0 aliphatic heterocycles. The third-order valence-electron chi connectivity index (χ3n) is 5.05. The molecule has 2 heterocycles. The molecule has 12 nitrogen and oxygen atoms in total. The van der Waals surface area contributed by atoms with Crippen molar-refractivity contribution in [3.8, 4) is 11.5 Å². The number of nitrogens with zero attached hydrogens (tertiary/aromatic N) is 2. The SMILES string of the molecule is Cc1ncc(CO)c(C(O)OC(=O)CCCCC(=O)OC(O)c2c(CO)cnc(C)c2O)c1O. The Bertz CT molecular complexity index is 946. The summed E-state index contributed by atoms with van der Waals surface area (Å²) in [4.78, 5) is 31.7. The number of carbonyl (C=O) groups excluding carboxylic acids is 2. The largest absolute Gasteiger partial charge is 0.506 e. The summed E-state index contributed by atoms with van der Waals surface area (Å²) in [7, 11) is 0. The van der Waals surface area contributed by atoms with E-state index in [1.54, 1.807) is 0 Å². The highest BCUT2D eigenvalue weighted by Gasteiger charge is 2.24. The second-order valence-corrected chi connectivity index (χ2v) is 7.47. The van der Waals surface area contributed by atoms with Gasteiger partial charge in [0.25, 0.3) is 0 Å². The number of carbonyl (C=O) groups is 2. The van der Waals surface area contributed by atoms with Crippen molar-refractivity contribution < 1.29 is 49.7 Å². The molecule has 186 valence electrons. The van der Waals surface area contributed by atoms with Crippen LogP contribution in [0.4, 0.5) is 0 Å². The lowest BCUT2D eigenvalue weighted by molar-refractivity contribution is -0.172. The van der Waals surface area contributed by atoms with Crippen molar-refractivity contribution in [1.29, 1.82) is 0 Å². The fourth-order valence-electron chi connectivity index (χ4n) is 3.13. The molecule has 0 spiro atoms. The molecule has 2 atom stereocenters. The minimum Gasteiger partial charge on any atom is -0.506 e. The van der Waals surface area contributed by atoms with Gasteiger partial charge < -0.3 is 40.1 Å². The van der Waals surface area contributed by atoms with Crippen molar-refractivity contribution in [2.24, 2.45) is 0 Å². The van der Waals surface area contributed by atoms with Crippen LogP contribution in [0.25, 0.3) is 0 Å². The molecule has 0 bridgehead atoms. The summed E-state index contributed by atoms with van der Waals surface area (Å²) in [5, 5.41) is 59.1. The van der Waals surface area contributed by atoms with Crippen molar-refractivity contribution in [3.63, 3.8) is 0 Å². The average molecular weight is 480 g/mol. The molecule has 0 aliphatic carbocycles. The fraction of sp³-hybridized carbons (Fsp3) is 0.455. The lowest BCUT2D eigenvalue weighted by Crippen LogP contribution is -2.15. The first kappa shape index (κ1) is 26.9. The van der Waals surface area contributed by atoms with Crippen LogP contribution in [0.15, 0.2) is 12.4 Å². The van der Waals surface area contributed by atoms with E-state index in [4.69, 9.17) is 9.47 Å². The Labute approximate surface area is 195 Å². The van der Waals surface area contributed by atoms with Gasteiger partial charge in [0.15, 0.2) is 0 Å². The number of aromatic hydroxyl groups is 2. The van der Waals surface area contributed by atoms with E-state index in [9.17, 15) is 40.2 Å². The summed E-state index contributed by atoms with van der Waals surface area (Å²) in [6.45, 7) is 1.89. The molecular formula is C22H28N2O10. The van der Waals surface area contributed by atoms with Gasteiger partial charge in [0.05, 0.1) is 35.7 Å². The number of unbranched alkanes of at least 4 members (excludes halogenated alkanes) is 1. The van der Waals surface area contributed by atoms with E-state index in [2.05, 4.69) is 9.97 Å². The molecule has 0 saturated heterocycles. The molecule has 0 fully saturated rings. The van der Waals surface area contributed by atoms with Crippen molar-refractivity contribution in [1.82, 2.24) is 9.97 Å². The number of aliphatic hydroxyl groups excluding tert-OH is 4. The number of aliphatic hydroxyl groups is 4. The molecular weight excluding hydrogens is 452 g/mol. The number of aromatic nitrogens is 2. The Morgan fingerprint density at radius 1 is 0.794 bits per heavy atom. The fourth-order valence-corrected chi connectivity index (χ4v) is 3.13. The van der Waals surface area contributed by atoms with Gasteiger partial charge in [0.2, 0.25) is 12.6 Å². The molecule has 6 N–H and O–H groups in total. The number of hydrogen-bond acceptors (Lipinski definition) is 12. The standard InChI is InChI=1S/C22H28N2O10/c1-11-19(29)17(13(9-25)7-23-11)21(31)33-15(27)5-3-4-6-16(28)34-22(32)18-14(10-26)8-24-12(2)20(18)30/h7-8,21-22,25-26,29-32H,3-6,9-10H2,1-2H3. The van der Waals surface area contributed by atoms with Gasteiger partial charge in [0.1, 0.15) is 11.5 Å². The van der Waals surface area contributed by atoms with Crippen LogP contribution in [0.3, 0.4) is 0 Å². The summed E-state index contributed by atoms with van der Waals surface area (Å²) in [5.74, 6) is -2.40. The summed E-state index contributed by atoms with van der Waals surface area (Å²) < 4.78 is 9.80. The molecule has 2 aromatic rings. The highest BCUT2D eigenvalue weighted by atomic mass is 16.6. The lowest BCUT2D eigenvalue weighted by Gasteiger charge is -2.18. The summed E-state index contributed by atoms with van der Waals surface area (Å²) in [6.07, 6.45) is -1.08. The Balaban J connectivity index is 1.83. The molecule has 0 amide bonds. The number of rotatable bonds is 11. The van der Waals surface area contributed by atoms with Crippen LogP contribution < -0.4 is 0 Å². The van der Waals surface area contributed by atoms with Crippen LogP contribution in [0.5, 0.6) is 11.5 Å². The molecule has 2 unspecified atom stereocenters. The van der Waals surface area contributed by atoms with Crippen molar-refractivity contribution in [2.45, 2.75) is 65.3 Å². The smallest absolute Gasteiger partial charge is 0.308 e. The summed E-state index contributed by atoms with van der Waals surface area (Å²) in [5.41, 5.74) is 0.262. The number of aryl methyl sites for hydroxylation is 2. The molecule has 34 heavy (non-hydrogen) atoms. The van der Waals surface area contributed by atoms with Crippen LogP contribution in [-0.4, -0.2) is 52.5 Å². The maximum Gasteiger partial charge on any atom is 0.308 e. The predicted molar refractivity (Wildman–Crippen MR) is 114 cm³/mol. The molecule has 12 heteroatoms. The van der Waals surface area contributed by atoms with E-state index in [1.165, 1.54) is 26.2 Å². The van der Waals surface area contributed by atoms with Gasteiger partial charge in [-0.2, -0.15) is 0 Å².